The van der Waals surface area contributed by atoms with Gasteiger partial charge in [0.15, 0.2) is 0 Å². The van der Waals surface area contributed by atoms with Crippen molar-refractivity contribution in [3.05, 3.63) is 34.9 Å². The number of hydrogen-bond donors (Lipinski definition) is 2. The second kappa shape index (κ2) is 7.94. The van der Waals surface area contributed by atoms with Crippen LogP contribution < -0.4 is 5.32 Å². The fourth-order valence-corrected chi connectivity index (χ4v) is 2.56. The summed E-state index contributed by atoms with van der Waals surface area (Å²) in [4.78, 5) is 37.6. The number of carboxylic acid groups (broad SMARTS) is 1. The van der Waals surface area contributed by atoms with Crippen LogP contribution in [0.25, 0.3) is 0 Å². The zero-order chi connectivity index (χ0) is 16.8. The highest BCUT2D eigenvalue weighted by molar-refractivity contribution is 6.30. The number of carbonyl (C=O) groups excluding carboxylic acids is 2. The second-order valence-corrected chi connectivity index (χ2v) is 5.76. The molecule has 2 rings (SSSR count). The van der Waals surface area contributed by atoms with Gasteiger partial charge in [-0.2, -0.15) is 0 Å². The predicted octanol–water partition coefficient (Wildman–Crippen LogP) is 0.185. The largest absolute Gasteiger partial charge is 0.480 e. The van der Waals surface area contributed by atoms with Gasteiger partial charge in [-0.15, -0.1) is 0 Å². The molecule has 0 aliphatic carbocycles. The van der Waals surface area contributed by atoms with Crippen molar-refractivity contribution in [1.82, 2.24) is 15.1 Å². The molecule has 0 saturated carbocycles. The molecule has 1 heterocycles. The van der Waals surface area contributed by atoms with Gasteiger partial charge in [-0.1, -0.05) is 23.7 Å². The number of nitrogens with zero attached hydrogens (tertiary/aromatic N) is 2. The third kappa shape index (κ3) is 5.54. The van der Waals surface area contributed by atoms with Gasteiger partial charge >= 0.3 is 5.97 Å². The lowest BCUT2D eigenvalue weighted by atomic mass is 10.2. The Morgan fingerprint density at radius 3 is 2.74 bits per heavy atom. The molecule has 0 bridgehead atoms. The van der Waals surface area contributed by atoms with E-state index in [4.69, 9.17) is 16.7 Å². The number of piperazine rings is 1. The Bertz CT molecular complexity index is 608. The molecule has 0 atom stereocenters. The van der Waals surface area contributed by atoms with E-state index in [2.05, 4.69) is 5.32 Å². The third-order valence-corrected chi connectivity index (χ3v) is 3.70. The molecular formula is C15H18ClN3O4. The van der Waals surface area contributed by atoms with Gasteiger partial charge in [-0.3, -0.25) is 19.3 Å². The first-order valence-corrected chi connectivity index (χ1v) is 7.55. The molecule has 1 aliphatic rings. The molecule has 1 aliphatic heterocycles. The van der Waals surface area contributed by atoms with Gasteiger partial charge in [0, 0.05) is 24.7 Å². The Labute approximate surface area is 138 Å². The first-order valence-electron chi connectivity index (χ1n) is 7.17. The predicted molar refractivity (Wildman–Crippen MR) is 84.0 cm³/mol. The van der Waals surface area contributed by atoms with E-state index in [0.717, 1.165) is 5.56 Å². The van der Waals surface area contributed by atoms with Gasteiger partial charge in [0.05, 0.1) is 13.1 Å². The molecule has 2 N–H and O–H groups in total. The van der Waals surface area contributed by atoms with Gasteiger partial charge in [0.25, 0.3) is 0 Å². The van der Waals surface area contributed by atoms with Crippen LogP contribution in [0, 0.1) is 0 Å². The molecule has 1 aromatic carbocycles. The van der Waals surface area contributed by atoms with Crippen molar-refractivity contribution in [3.63, 3.8) is 0 Å². The number of rotatable bonds is 6. The topological polar surface area (TPSA) is 89.9 Å². The van der Waals surface area contributed by atoms with Crippen molar-refractivity contribution in [3.8, 4) is 0 Å². The quantitative estimate of drug-likeness (QED) is 0.772. The zero-order valence-corrected chi connectivity index (χ0v) is 13.3. The van der Waals surface area contributed by atoms with Crippen molar-refractivity contribution in [2.45, 2.75) is 6.54 Å². The molecule has 7 nitrogen and oxygen atoms in total. The van der Waals surface area contributed by atoms with Gasteiger partial charge in [-0.25, -0.2) is 0 Å². The van der Waals surface area contributed by atoms with Gasteiger partial charge in [0.1, 0.15) is 6.54 Å². The van der Waals surface area contributed by atoms with Crippen molar-refractivity contribution in [1.29, 1.82) is 0 Å². The zero-order valence-electron chi connectivity index (χ0n) is 12.5. The molecule has 0 radical (unpaired) electrons. The van der Waals surface area contributed by atoms with E-state index in [1.807, 2.05) is 18.2 Å². The summed E-state index contributed by atoms with van der Waals surface area (Å²) < 4.78 is 0. The number of halogens is 1. The van der Waals surface area contributed by atoms with Crippen molar-refractivity contribution in [2.24, 2.45) is 0 Å². The minimum absolute atomic E-state index is 0.0179. The number of hydrogen-bond acceptors (Lipinski definition) is 4. The molecule has 0 unspecified atom stereocenters. The second-order valence-electron chi connectivity index (χ2n) is 5.33. The molecule has 0 spiro atoms. The number of carboxylic acids is 1. The molecule has 1 saturated heterocycles. The fourth-order valence-electron chi connectivity index (χ4n) is 2.35. The number of amides is 2. The maximum Gasteiger partial charge on any atom is 0.322 e. The van der Waals surface area contributed by atoms with Crippen LogP contribution in [0.1, 0.15) is 5.56 Å². The summed E-state index contributed by atoms with van der Waals surface area (Å²) in [6.45, 7) is 1.30. The Balaban J connectivity index is 1.81. The Morgan fingerprint density at radius 2 is 2.09 bits per heavy atom. The highest BCUT2D eigenvalue weighted by Gasteiger charge is 2.25. The third-order valence-electron chi connectivity index (χ3n) is 3.46. The average Bonchev–Trinajstić information content (AvgIpc) is 2.48. The van der Waals surface area contributed by atoms with E-state index < -0.39 is 18.4 Å². The van der Waals surface area contributed by atoms with Gasteiger partial charge in [-0.05, 0) is 17.7 Å². The monoisotopic (exact) mass is 339 g/mol. The van der Waals surface area contributed by atoms with E-state index in [1.165, 1.54) is 0 Å². The smallest absolute Gasteiger partial charge is 0.322 e. The number of carbonyl (C=O) groups is 3. The van der Waals surface area contributed by atoms with Crippen molar-refractivity contribution in [2.75, 3.05) is 32.7 Å². The first kappa shape index (κ1) is 17.2. The molecule has 0 aromatic heterocycles. The number of aliphatic carboxylic acids is 1. The van der Waals surface area contributed by atoms with E-state index in [0.29, 0.717) is 24.7 Å². The summed E-state index contributed by atoms with van der Waals surface area (Å²) >= 11 is 5.93. The number of benzene rings is 1. The Kier molecular flexibility index (Phi) is 5.95. The lowest BCUT2D eigenvalue weighted by Crippen LogP contribution is -2.52. The van der Waals surface area contributed by atoms with Crippen molar-refractivity contribution >= 4 is 29.4 Å². The van der Waals surface area contributed by atoms with Crippen LogP contribution in [0.15, 0.2) is 24.3 Å². The summed E-state index contributed by atoms with van der Waals surface area (Å²) in [5, 5.41) is 11.4. The maximum absolute atomic E-state index is 12.2. The minimum atomic E-state index is -1.10. The molecule has 1 fully saturated rings. The van der Waals surface area contributed by atoms with Crippen LogP contribution in [0.2, 0.25) is 5.02 Å². The summed E-state index contributed by atoms with van der Waals surface area (Å²) in [6.07, 6.45) is 0. The number of nitrogens with one attached hydrogen (secondary N) is 1. The molecule has 124 valence electrons. The van der Waals surface area contributed by atoms with Crippen LogP contribution in [0.4, 0.5) is 0 Å². The lowest BCUT2D eigenvalue weighted by molar-refractivity contribution is -0.140. The average molecular weight is 340 g/mol. The molecule has 8 heteroatoms. The van der Waals surface area contributed by atoms with E-state index in [-0.39, 0.29) is 19.0 Å². The van der Waals surface area contributed by atoms with Gasteiger partial charge < -0.3 is 15.3 Å². The molecule has 1 aromatic rings. The van der Waals surface area contributed by atoms with Crippen LogP contribution in [0.3, 0.4) is 0 Å². The highest BCUT2D eigenvalue weighted by Crippen LogP contribution is 2.14. The van der Waals surface area contributed by atoms with E-state index >= 15 is 0 Å². The molecule has 23 heavy (non-hydrogen) atoms. The first-order chi connectivity index (χ1) is 10.9. The van der Waals surface area contributed by atoms with Crippen LogP contribution in [0.5, 0.6) is 0 Å². The molecule has 2 amide bonds. The van der Waals surface area contributed by atoms with E-state index in [1.54, 1.807) is 15.9 Å². The normalized spacial score (nSPS) is 15.5. The van der Waals surface area contributed by atoms with Gasteiger partial charge in [0.2, 0.25) is 11.8 Å². The SMILES string of the molecule is O=C(O)CNC(=O)CN1CCN(Cc2cccc(Cl)c2)C(=O)C1. The van der Waals surface area contributed by atoms with Crippen LogP contribution in [-0.4, -0.2) is 65.4 Å². The lowest BCUT2D eigenvalue weighted by Gasteiger charge is -2.34. The standard InChI is InChI=1S/C15H18ClN3O4/c16-12-3-1-2-11(6-12)8-19-5-4-18(10-14(19)21)9-13(20)17-7-15(22)23/h1-3,6H,4-5,7-10H2,(H,17,20)(H,22,23). The fraction of sp³-hybridized carbons (Fsp3) is 0.400. The summed E-state index contributed by atoms with van der Waals surface area (Å²) in [7, 11) is 0. The summed E-state index contributed by atoms with van der Waals surface area (Å²) in [5.74, 6) is -1.56. The minimum Gasteiger partial charge on any atom is -0.480 e. The van der Waals surface area contributed by atoms with Crippen LogP contribution in [-0.2, 0) is 20.9 Å². The van der Waals surface area contributed by atoms with Crippen molar-refractivity contribution < 1.29 is 19.5 Å². The van der Waals surface area contributed by atoms with Crippen LogP contribution >= 0.6 is 11.6 Å². The van der Waals surface area contributed by atoms with E-state index in [9.17, 15) is 14.4 Å². The Morgan fingerprint density at radius 1 is 1.30 bits per heavy atom. The Hall–Kier alpha value is -2.12. The molecular weight excluding hydrogens is 322 g/mol. The summed E-state index contributed by atoms with van der Waals surface area (Å²) in [5.41, 5.74) is 0.957. The summed E-state index contributed by atoms with van der Waals surface area (Å²) in [6, 6.07) is 7.34. The highest BCUT2D eigenvalue weighted by atomic mass is 35.5. The maximum atomic E-state index is 12.2.